The highest BCUT2D eigenvalue weighted by Crippen LogP contribution is 2.19. The summed E-state index contributed by atoms with van der Waals surface area (Å²) in [4.78, 5) is 26.6. The maximum atomic E-state index is 13.6. The SMILES string of the molecule is Cc1ccc(-c2noc(CCC(=O)NC(CC(F)F)C(=O)O)n2)cc1F. The molecule has 10 heteroatoms. The van der Waals surface area contributed by atoms with E-state index in [0.717, 1.165) is 0 Å². The van der Waals surface area contributed by atoms with Crippen molar-refractivity contribution in [2.45, 2.75) is 38.7 Å². The summed E-state index contributed by atoms with van der Waals surface area (Å²) >= 11 is 0. The van der Waals surface area contributed by atoms with Gasteiger partial charge in [0.05, 0.1) is 0 Å². The van der Waals surface area contributed by atoms with E-state index >= 15 is 0 Å². The number of carbonyl (C=O) groups excluding carboxylic acids is 1. The minimum Gasteiger partial charge on any atom is -0.480 e. The third-order valence-electron chi connectivity index (χ3n) is 3.51. The summed E-state index contributed by atoms with van der Waals surface area (Å²) in [5, 5.41) is 14.5. The summed E-state index contributed by atoms with van der Waals surface area (Å²) in [6.45, 7) is 1.61. The topological polar surface area (TPSA) is 105 Å². The molecule has 2 N–H and O–H groups in total. The molecule has 0 aliphatic carbocycles. The number of amides is 1. The van der Waals surface area contributed by atoms with E-state index in [0.29, 0.717) is 11.1 Å². The number of alkyl halides is 2. The fraction of sp³-hybridized carbons (Fsp3) is 0.375. The van der Waals surface area contributed by atoms with Crippen LogP contribution >= 0.6 is 0 Å². The lowest BCUT2D eigenvalue weighted by Gasteiger charge is -2.13. The smallest absolute Gasteiger partial charge is 0.326 e. The molecular formula is C16H16F3N3O4. The first-order valence-corrected chi connectivity index (χ1v) is 7.65. The predicted octanol–water partition coefficient (Wildman–Crippen LogP) is 2.34. The molecule has 0 saturated heterocycles. The van der Waals surface area contributed by atoms with E-state index in [-0.39, 0.29) is 24.6 Å². The average molecular weight is 371 g/mol. The largest absolute Gasteiger partial charge is 0.480 e. The van der Waals surface area contributed by atoms with Crippen molar-refractivity contribution in [1.29, 1.82) is 0 Å². The van der Waals surface area contributed by atoms with Gasteiger partial charge in [-0.1, -0.05) is 17.3 Å². The number of hydrogen-bond acceptors (Lipinski definition) is 5. The van der Waals surface area contributed by atoms with Crippen LogP contribution in [0.4, 0.5) is 13.2 Å². The highest BCUT2D eigenvalue weighted by Gasteiger charge is 2.24. The van der Waals surface area contributed by atoms with E-state index in [9.17, 15) is 22.8 Å². The Labute approximate surface area is 146 Å². The summed E-state index contributed by atoms with van der Waals surface area (Å²) in [5.74, 6) is -2.48. The first-order valence-electron chi connectivity index (χ1n) is 7.65. The van der Waals surface area contributed by atoms with E-state index in [1.807, 2.05) is 5.32 Å². The van der Waals surface area contributed by atoms with Gasteiger partial charge in [-0.05, 0) is 18.6 Å². The van der Waals surface area contributed by atoms with Gasteiger partial charge in [0.1, 0.15) is 11.9 Å². The van der Waals surface area contributed by atoms with Crippen LogP contribution in [0.3, 0.4) is 0 Å². The van der Waals surface area contributed by atoms with Gasteiger partial charge in [-0.15, -0.1) is 0 Å². The fourth-order valence-corrected chi connectivity index (χ4v) is 2.09. The Balaban J connectivity index is 1.93. The molecule has 1 heterocycles. The van der Waals surface area contributed by atoms with Gasteiger partial charge in [0, 0.05) is 24.8 Å². The molecular weight excluding hydrogens is 355 g/mol. The molecule has 0 aliphatic rings. The molecule has 2 rings (SSSR count). The van der Waals surface area contributed by atoms with Crippen LogP contribution in [0.5, 0.6) is 0 Å². The zero-order valence-electron chi connectivity index (χ0n) is 13.7. The number of nitrogens with zero attached hydrogens (tertiary/aromatic N) is 2. The van der Waals surface area contributed by atoms with Gasteiger partial charge in [0.25, 0.3) is 0 Å². The molecule has 1 unspecified atom stereocenters. The first-order chi connectivity index (χ1) is 12.3. The zero-order valence-corrected chi connectivity index (χ0v) is 13.7. The fourth-order valence-electron chi connectivity index (χ4n) is 2.09. The minimum absolute atomic E-state index is 0.0196. The second-order valence-corrected chi connectivity index (χ2v) is 5.56. The lowest BCUT2D eigenvalue weighted by atomic mass is 10.1. The van der Waals surface area contributed by atoms with Crippen molar-refractivity contribution >= 4 is 11.9 Å². The normalized spacial score (nSPS) is 12.2. The molecule has 0 radical (unpaired) electrons. The Kier molecular flexibility index (Phi) is 6.31. The molecule has 2 aromatic rings. The Morgan fingerprint density at radius 1 is 1.35 bits per heavy atom. The van der Waals surface area contributed by atoms with Crippen LogP contribution in [0, 0.1) is 12.7 Å². The van der Waals surface area contributed by atoms with E-state index in [4.69, 9.17) is 9.63 Å². The molecule has 1 aromatic heterocycles. The highest BCUT2D eigenvalue weighted by molar-refractivity contribution is 5.83. The summed E-state index contributed by atoms with van der Waals surface area (Å²) in [6.07, 6.45) is -4.08. The van der Waals surface area contributed by atoms with Gasteiger partial charge in [-0.3, -0.25) is 4.79 Å². The van der Waals surface area contributed by atoms with Crippen LogP contribution in [-0.2, 0) is 16.0 Å². The van der Waals surface area contributed by atoms with Gasteiger partial charge in [-0.25, -0.2) is 18.0 Å². The van der Waals surface area contributed by atoms with Gasteiger partial charge in [-0.2, -0.15) is 4.98 Å². The molecule has 0 bridgehead atoms. The Bertz CT molecular complexity index is 795. The van der Waals surface area contributed by atoms with Crippen LogP contribution < -0.4 is 5.32 Å². The average Bonchev–Trinajstić information content (AvgIpc) is 3.03. The van der Waals surface area contributed by atoms with Crippen LogP contribution in [0.25, 0.3) is 11.4 Å². The number of carboxylic acids is 1. The number of nitrogens with one attached hydrogen (secondary N) is 1. The lowest BCUT2D eigenvalue weighted by Crippen LogP contribution is -2.42. The molecule has 7 nitrogen and oxygen atoms in total. The van der Waals surface area contributed by atoms with Crippen LogP contribution in [-0.4, -0.2) is 39.6 Å². The zero-order chi connectivity index (χ0) is 19.3. The van der Waals surface area contributed by atoms with Crippen LogP contribution in [0.2, 0.25) is 0 Å². The highest BCUT2D eigenvalue weighted by atomic mass is 19.3. The summed E-state index contributed by atoms with van der Waals surface area (Å²) in [7, 11) is 0. The van der Waals surface area contributed by atoms with Crippen LogP contribution in [0.1, 0.15) is 24.3 Å². The lowest BCUT2D eigenvalue weighted by molar-refractivity contribution is -0.143. The maximum absolute atomic E-state index is 13.6. The van der Waals surface area contributed by atoms with E-state index in [1.54, 1.807) is 19.1 Å². The van der Waals surface area contributed by atoms with Crippen molar-refractivity contribution in [2.24, 2.45) is 0 Å². The van der Waals surface area contributed by atoms with Crippen molar-refractivity contribution in [1.82, 2.24) is 15.5 Å². The van der Waals surface area contributed by atoms with Crippen LogP contribution in [0.15, 0.2) is 22.7 Å². The number of carbonyl (C=O) groups is 2. The molecule has 140 valence electrons. The number of aliphatic carboxylic acids is 1. The Hall–Kier alpha value is -2.91. The maximum Gasteiger partial charge on any atom is 0.326 e. The van der Waals surface area contributed by atoms with Crippen molar-refractivity contribution in [3.05, 3.63) is 35.5 Å². The molecule has 26 heavy (non-hydrogen) atoms. The molecule has 1 aromatic carbocycles. The van der Waals surface area contributed by atoms with Gasteiger partial charge in [0.2, 0.25) is 24.0 Å². The van der Waals surface area contributed by atoms with E-state index in [1.165, 1.54) is 6.07 Å². The predicted molar refractivity (Wildman–Crippen MR) is 82.9 cm³/mol. The van der Waals surface area contributed by atoms with E-state index in [2.05, 4.69) is 10.1 Å². The van der Waals surface area contributed by atoms with Gasteiger partial charge >= 0.3 is 5.97 Å². The third kappa shape index (κ3) is 5.30. The summed E-state index contributed by atoms with van der Waals surface area (Å²) in [5.41, 5.74) is 0.862. The first kappa shape index (κ1) is 19.4. The van der Waals surface area contributed by atoms with E-state index < -0.39 is 36.6 Å². The van der Waals surface area contributed by atoms with Crippen molar-refractivity contribution in [3.8, 4) is 11.4 Å². The minimum atomic E-state index is -2.86. The number of rotatable bonds is 8. The number of benzene rings is 1. The quantitative estimate of drug-likeness (QED) is 0.738. The van der Waals surface area contributed by atoms with Crippen molar-refractivity contribution in [2.75, 3.05) is 0 Å². The Morgan fingerprint density at radius 3 is 2.69 bits per heavy atom. The van der Waals surface area contributed by atoms with Crippen molar-refractivity contribution < 1.29 is 32.4 Å². The second kappa shape index (κ2) is 8.45. The molecule has 0 aliphatic heterocycles. The number of halogens is 3. The van der Waals surface area contributed by atoms with Gasteiger partial charge in [0.15, 0.2) is 0 Å². The standard InChI is InChI=1S/C16H16F3N3O4/c1-8-2-3-9(6-10(8)17)15-21-14(26-22-15)5-4-13(23)20-11(16(24)25)7-12(18)19/h2-3,6,11-12H,4-5,7H2,1H3,(H,20,23)(H,24,25). The molecule has 1 amide bonds. The molecule has 0 fully saturated rings. The second-order valence-electron chi connectivity index (χ2n) is 5.56. The summed E-state index contributed by atoms with van der Waals surface area (Å²) in [6, 6.07) is 2.75. The monoisotopic (exact) mass is 371 g/mol. The van der Waals surface area contributed by atoms with Crippen molar-refractivity contribution in [3.63, 3.8) is 0 Å². The number of aryl methyl sites for hydroxylation is 2. The molecule has 0 spiro atoms. The number of carboxylic acid groups (broad SMARTS) is 1. The Morgan fingerprint density at radius 2 is 2.08 bits per heavy atom. The third-order valence-corrected chi connectivity index (χ3v) is 3.51. The number of aromatic nitrogens is 2. The number of hydrogen-bond donors (Lipinski definition) is 2. The molecule has 0 saturated carbocycles. The molecule has 1 atom stereocenters. The summed E-state index contributed by atoms with van der Waals surface area (Å²) < 4.78 is 43.1. The van der Waals surface area contributed by atoms with Gasteiger partial charge < -0.3 is 14.9 Å².